The fraction of sp³-hybridized carbons (Fsp3) is 0.143. The zero-order valence-electron chi connectivity index (χ0n) is 10.7. The van der Waals surface area contributed by atoms with Crippen LogP contribution < -0.4 is 10.1 Å². The van der Waals surface area contributed by atoms with E-state index in [2.05, 4.69) is 5.32 Å². The van der Waals surface area contributed by atoms with Crippen molar-refractivity contribution in [2.75, 3.05) is 11.9 Å². The SMILES string of the molecule is O=[N+]([O-])c1ccc(F)c(F)c1Oc1cccc2c1NCC2. The third kappa shape index (κ3) is 2.26. The number of nitrogens with zero attached hydrogens (tertiary/aromatic N) is 1. The molecule has 0 saturated heterocycles. The molecule has 2 aromatic carbocycles. The fourth-order valence-corrected chi connectivity index (χ4v) is 2.27. The number of anilines is 1. The molecule has 5 nitrogen and oxygen atoms in total. The molecule has 108 valence electrons. The Bertz CT molecular complexity index is 734. The number of nitro groups is 1. The molecule has 0 spiro atoms. The molecular weight excluding hydrogens is 282 g/mol. The topological polar surface area (TPSA) is 64.4 Å². The fourth-order valence-electron chi connectivity index (χ4n) is 2.27. The maximum absolute atomic E-state index is 13.8. The van der Waals surface area contributed by atoms with Crippen molar-refractivity contribution in [1.29, 1.82) is 0 Å². The summed E-state index contributed by atoms with van der Waals surface area (Å²) < 4.78 is 32.4. The second-order valence-electron chi connectivity index (χ2n) is 4.54. The van der Waals surface area contributed by atoms with Gasteiger partial charge in [0.1, 0.15) is 0 Å². The van der Waals surface area contributed by atoms with Crippen LogP contribution in [-0.4, -0.2) is 11.5 Å². The number of nitro benzene ring substituents is 1. The van der Waals surface area contributed by atoms with Gasteiger partial charge in [0.05, 0.1) is 10.6 Å². The highest BCUT2D eigenvalue weighted by molar-refractivity contribution is 5.66. The summed E-state index contributed by atoms with van der Waals surface area (Å²) in [5.41, 5.74) is 0.993. The first kappa shape index (κ1) is 13.3. The van der Waals surface area contributed by atoms with Crippen molar-refractivity contribution in [2.24, 2.45) is 0 Å². The minimum Gasteiger partial charge on any atom is -0.445 e. The second-order valence-corrected chi connectivity index (χ2v) is 4.54. The van der Waals surface area contributed by atoms with Gasteiger partial charge in [0, 0.05) is 12.6 Å². The van der Waals surface area contributed by atoms with Crippen molar-refractivity contribution in [3.05, 3.63) is 57.6 Å². The van der Waals surface area contributed by atoms with Gasteiger partial charge in [0.25, 0.3) is 0 Å². The van der Waals surface area contributed by atoms with Gasteiger partial charge in [-0.25, -0.2) is 4.39 Å². The minimum atomic E-state index is -1.38. The van der Waals surface area contributed by atoms with Crippen LogP contribution in [-0.2, 0) is 6.42 Å². The average molecular weight is 292 g/mol. The number of ether oxygens (including phenoxy) is 1. The molecule has 1 aliphatic heterocycles. The first-order chi connectivity index (χ1) is 10.1. The molecular formula is C14H10F2N2O3. The Hall–Kier alpha value is -2.70. The molecule has 0 bridgehead atoms. The number of halogens is 2. The largest absolute Gasteiger partial charge is 0.445 e. The Morgan fingerprint density at radius 2 is 2.05 bits per heavy atom. The molecule has 0 aliphatic carbocycles. The van der Waals surface area contributed by atoms with Crippen molar-refractivity contribution >= 4 is 11.4 Å². The van der Waals surface area contributed by atoms with Gasteiger partial charge in [-0.1, -0.05) is 12.1 Å². The van der Waals surface area contributed by atoms with Gasteiger partial charge >= 0.3 is 5.69 Å². The third-order valence-corrected chi connectivity index (χ3v) is 3.25. The van der Waals surface area contributed by atoms with E-state index in [9.17, 15) is 18.9 Å². The molecule has 2 aromatic rings. The summed E-state index contributed by atoms with van der Waals surface area (Å²) in [6, 6.07) is 6.70. The monoisotopic (exact) mass is 292 g/mol. The van der Waals surface area contributed by atoms with Crippen molar-refractivity contribution in [3.63, 3.8) is 0 Å². The van der Waals surface area contributed by atoms with Crippen LogP contribution in [0.5, 0.6) is 11.5 Å². The number of para-hydroxylation sites is 1. The van der Waals surface area contributed by atoms with Crippen molar-refractivity contribution in [2.45, 2.75) is 6.42 Å². The molecule has 3 rings (SSSR count). The van der Waals surface area contributed by atoms with E-state index >= 15 is 0 Å². The van der Waals surface area contributed by atoms with Gasteiger partial charge in [-0.2, -0.15) is 4.39 Å². The number of nitrogens with one attached hydrogen (secondary N) is 1. The van der Waals surface area contributed by atoms with E-state index in [0.29, 0.717) is 18.3 Å². The van der Waals surface area contributed by atoms with Crippen LogP contribution in [0.2, 0.25) is 0 Å². The predicted molar refractivity (Wildman–Crippen MR) is 71.7 cm³/mol. The van der Waals surface area contributed by atoms with Gasteiger partial charge < -0.3 is 10.1 Å². The van der Waals surface area contributed by atoms with Gasteiger partial charge in [-0.05, 0) is 24.1 Å². The number of fused-ring (bicyclic) bond motifs is 1. The summed E-state index contributed by atoms with van der Waals surface area (Å²) in [4.78, 5) is 10.1. The van der Waals surface area contributed by atoms with E-state index in [1.54, 1.807) is 12.1 Å². The van der Waals surface area contributed by atoms with E-state index in [-0.39, 0.29) is 5.75 Å². The van der Waals surface area contributed by atoms with E-state index in [0.717, 1.165) is 18.1 Å². The zero-order chi connectivity index (χ0) is 15.0. The molecule has 0 unspecified atom stereocenters. The van der Waals surface area contributed by atoms with E-state index in [1.165, 1.54) is 0 Å². The van der Waals surface area contributed by atoms with Gasteiger partial charge in [-0.3, -0.25) is 10.1 Å². The summed E-state index contributed by atoms with van der Waals surface area (Å²) in [6.07, 6.45) is 0.778. The van der Waals surface area contributed by atoms with Gasteiger partial charge in [-0.15, -0.1) is 0 Å². The highest BCUT2D eigenvalue weighted by Gasteiger charge is 2.25. The predicted octanol–water partition coefficient (Wildman–Crippen LogP) is 3.63. The average Bonchev–Trinajstić information content (AvgIpc) is 2.93. The quantitative estimate of drug-likeness (QED) is 0.693. The lowest BCUT2D eigenvalue weighted by Gasteiger charge is -2.11. The highest BCUT2D eigenvalue weighted by Crippen LogP contribution is 2.40. The van der Waals surface area contributed by atoms with Crippen molar-refractivity contribution in [3.8, 4) is 11.5 Å². The van der Waals surface area contributed by atoms with Crippen molar-refractivity contribution in [1.82, 2.24) is 0 Å². The molecule has 0 fully saturated rings. The molecule has 21 heavy (non-hydrogen) atoms. The van der Waals surface area contributed by atoms with E-state index < -0.39 is 28.0 Å². The molecule has 0 atom stereocenters. The Morgan fingerprint density at radius 3 is 2.81 bits per heavy atom. The van der Waals surface area contributed by atoms with Crippen LogP contribution in [0.25, 0.3) is 0 Å². The Labute approximate surface area is 118 Å². The summed E-state index contributed by atoms with van der Waals surface area (Å²) in [6.45, 7) is 0.698. The normalized spacial score (nSPS) is 12.7. The van der Waals surface area contributed by atoms with E-state index in [4.69, 9.17) is 4.74 Å². The Kier molecular flexibility index (Phi) is 3.17. The standard InChI is InChI=1S/C14H10F2N2O3/c15-9-4-5-10(18(19)20)14(12(9)16)21-11-3-1-2-8-6-7-17-13(8)11/h1-5,17H,6-7H2. The first-order valence-corrected chi connectivity index (χ1v) is 6.24. The lowest BCUT2D eigenvalue weighted by atomic mass is 10.1. The first-order valence-electron chi connectivity index (χ1n) is 6.24. The lowest BCUT2D eigenvalue weighted by Crippen LogP contribution is -2.00. The van der Waals surface area contributed by atoms with Crippen molar-refractivity contribution < 1.29 is 18.4 Å². The molecule has 0 saturated carbocycles. The second kappa shape index (κ2) is 5.01. The van der Waals surface area contributed by atoms with Gasteiger partial charge in [0.2, 0.25) is 11.6 Å². The van der Waals surface area contributed by atoms with Crippen LogP contribution in [0.1, 0.15) is 5.56 Å². The Morgan fingerprint density at radius 1 is 1.24 bits per heavy atom. The maximum atomic E-state index is 13.8. The van der Waals surface area contributed by atoms with Crippen LogP contribution in [0.3, 0.4) is 0 Å². The lowest BCUT2D eigenvalue weighted by molar-refractivity contribution is -0.385. The van der Waals surface area contributed by atoms with Crippen LogP contribution in [0.4, 0.5) is 20.2 Å². The smallest absolute Gasteiger partial charge is 0.314 e. The summed E-state index contributed by atoms with van der Waals surface area (Å²) in [5.74, 6) is -3.06. The molecule has 1 heterocycles. The number of hydrogen-bond donors (Lipinski definition) is 1. The Balaban J connectivity index is 2.08. The van der Waals surface area contributed by atoms with E-state index in [1.807, 2.05) is 6.07 Å². The highest BCUT2D eigenvalue weighted by atomic mass is 19.2. The zero-order valence-corrected chi connectivity index (χ0v) is 10.7. The minimum absolute atomic E-state index is 0.234. The van der Waals surface area contributed by atoms with Crippen LogP contribution in [0.15, 0.2) is 30.3 Å². The number of benzene rings is 2. The van der Waals surface area contributed by atoms with Gasteiger partial charge in [0.15, 0.2) is 11.6 Å². The summed E-state index contributed by atoms with van der Waals surface area (Å²) >= 11 is 0. The molecule has 7 heteroatoms. The molecule has 0 amide bonds. The molecule has 1 N–H and O–H groups in total. The number of hydrogen-bond acceptors (Lipinski definition) is 4. The summed E-state index contributed by atoms with van der Waals surface area (Å²) in [7, 11) is 0. The number of rotatable bonds is 3. The maximum Gasteiger partial charge on any atom is 0.314 e. The molecule has 1 aliphatic rings. The molecule has 0 radical (unpaired) electrons. The van der Waals surface area contributed by atoms with Crippen LogP contribution in [0, 0.1) is 21.7 Å². The summed E-state index contributed by atoms with van der Waals surface area (Å²) in [5, 5.41) is 14.0. The molecule has 0 aromatic heterocycles. The third-order valence-electron chi connectivity index (χ3n) is 3.25. The van der Waals surface area contributed by atoms with Crippen LogP contribution >= 0.6 is 0 Å².